The number of benzene rings is 2. The smallest absolute Gasteiger partial charge is 0.0131 e. The molecule has 95 valence electrons. The molecule has 0 saturated heterocycles. The van der Waals surface area contributed by atoms with E-state index >= 15 is 0 Å². The molecular weight excluding hydrogens is 228 g/mol. The van der Waals surface area contributed by atoms with Crippen LogP contribution in [0.1, 0.15) is 37.5 Å². The van der Waals surface area contributed by atoms with E-state index in [1.54, 1.807) is 0 Å². The van der Waals surface area contributed by atoms with Crippen molar-refractivity contribution in [3.8, 4) is 11.1 Å². The van der Waals surface area contributed by atoms with Crippen molar-refractivity contribution in [2.75, 3.05) is 0 Å². The molecule has 19 heavy (non-hydrogen) atoms. The summed E-state index contributed by atoms with van der Waals surface area (Å²) < 4.78 is 0. The van der Waals surface area contributed by atoms with Gasteiger partial charge in [-0.15, -0.1) is 0 Å². The van der Waals surface area contributed by atoms with Gasteiger partial charge >= 0.3 is 0 Å². The molecule has 0 heterocycles. The Morgan fingerprint density at radius 1 is 0.895 bits per heavy atom. The molecule has 0 bridgehead atoms. The average Bonchev–Trinajstić information content (AvgIpc) is 2.86. The minimum atomic E-state index is 0.190. The number of allylic oxidation sites excluding steroid dienone is 1. The molecule has 0 amide bonds. The monoisotopic (exact) mass is 247 g/mol. The zero-order valence-corrected chi connectivity index (χ0v) is 11.8. The van der Waals surface area contributed by atoms with Crippen LogP contribution in [0, 0.1) is 6.42 Å². The molecule has 0 aromatic heterocycles. The van der Waals surface area contributed by atoms with Crippen molar-refractivity contribution in [3.05, 3.63) is 71.7 Å². The molecule has 0 aliphatic heterocycles. The Kier molecular flexibility index (Phi) is 2.82. The molecule has 1 aliphatic carbocycles. The van der Waals surface area contributed by atoms with Crippen LogP contribution in [0.5, 0.6) is 0 Å². The van der Waals surface area contributed by atoms with Gasteiger partial charge in [-0.2, -0.15) is 0 Å². The largest absolute Gasteiger partial charge is 0.0754 e. The summed E-state index contributed by atoms with van der Waals surface area (Å²) in [5.41, 5.74) is 6.87. The molecule has 2 aromatic rings. The van der Waals surface area contributed by atoms with Crippen LogP contribution in [0.2, 0.25) is 0 Å². The third-order valence-corrected chi connectivity index (χ3v) is 3.72. The molecule has 1 aliphatic rings. The van der Waals surface area contributed by atoms with Crippen molar-refractivity contribution in [1.82, 2.24) is 0 Å². The summed E-state index contributed by atoms with van der Waals surface area (Å²) in [7, 11) is 0. The summed E-state index contributed by atoms with van der Waals surface area (Å²) in [5, 5.41) is 0. The first-order valence-corrected chi connectivity index (χ1v) is 6.81. The zero-order valence-electron chi connectivity index (χ0n) is 11.8. The van der Waals surface area contributed by atoms with Gasteiger partial charge in [0.25, 0.3) is 0 Å². The molecule has 0 unspecified atom stereocenters. The highest BCUT2D eigenvalue weighted by atomic mass is 14.2. The first kappa shape index (κ1) is 12.2. The van der Waals surface area contributed by atoms with E-state index in [1.807, 2.05) is 0 Å². The maximum absolute atomic E-state index is 2.32. The Bertz CT molecular complexity index is 639. The van der Waals surface area contributed by atoms with Crippen molar-refractivity contribution in [2.45, 2.75) is 26.2 Å². The minimum absolute atomic E-state index is 0.190. The number of hydrogen-bond acceptors (Lipinski definition) is 0. The molecule has 2 aromatic carbocycles. The highest BCUT2D eigenvalue weighted by Crippen LogP contribution is 2.34. The maximum Gasteiger partial charge on any atom is 0.0131 e. The second kappa shape index (κ2) is 4.38. The van der Waals surface area contributed by atoms with Crippen molar-refractivity contribution in [1.29, 1.82) is 0 Å². The van der Waals surface area contributed by atoms with Gasteiger partial charge in [-0.05, 0) is 33.2 Å². The summed E-state index contributed by atoms with van der Waals surface area (Å²) in [6.45, 7) is 6.78. The summed E-state index contributed by atoms with van der Waals surface area (Å²) in [5.74, 6) is 0. The highest BCUT2D eigenvalue weighted by Gasteiger charge is 2.16. The average molecular weight is 247 g/mol. The second-order valence-corrected chi connectivity index (χ2v) is 6.17. The highest BCUT2D eigenvalue weighted by molar-refractivity contribution is 5.81. The van der Waals surface area contributed by atoms with Gasteiger partial charge in [-0.1, -0.05) is 75.4 Å². The van der Waals surface area contributed by atoms with E-state index < -0.39 is 0 Å². The van der Waals surface area contributed by atoms with E-state index in [-0.39, 0.29) is 5.41 Å². The number of hydrogen-bond donors (Lipinski definition) is 0. The molecule has 0 saturated carbocycles. The van der Waals surface area contributed by atoms with Crippen molar-refractivity contribution in [2.24, 2.45) is 0 Å². The van der Waals surface area contributed by atoms with Gasteiger partial charge in [-0.25, -0.2) is 0 Å². The van der Waals surface area contributed by atoms with E-state index in [9.17, 15) is 0 Å². The Labute approximate surface area is 115 Å². The van der Waals surface area contributed by atoms with Crippen LogP contribution in [-0.4, -0.2) is 0 Å². The topological polar surface area (TPSA) is 0 Å². The van der Waals surface area contributed by atoms with Gasteiger partial charge in [0.15, 0.2) is 0 Å². The lowest BCUT2D eigenvalue weighted by Crippen LogP contribution is -2.10. The van der Waals surface area contributed by atoms with E-state index in [0.29, 0.717) is 0 Å². The first-order valence-electron chi connectivity index (χ1n) is 6.81. The molecule has 0 fully saturated rings. The summed E-state index contributed by atoms with van der Waals surface area (Å²) >= 11 is 0. The fourth-order valence-electron chi connectivity index (χ4n) is 2.57. The summed E-state index contributed by atoms with van der Waals surface area (Å²) in [6.07, 6.45) is 6.50. The standard InChI is InChI=1S/C19H19/c1-19(2,3)16-10-4-9-15(13-16)18-12-6-8-14-7-5-11-17(14)18/h4-13H,1-3H3. The third-order valence-electron chi connectivity index (χ3n) is 3.72. The third kappa shape index (κ3) is 2.23. The van der Waals surface area contributed by atoms with Gasteiger partial charge in [0.1, 0.15) is 0 Å². The van der Waals surface area contributed by atoms with Crippen LogP contribution < -0.4 is 0 Å². The van der Waals surface area contributed by atoms with Crippen molar-refractivity contribution in [3.63, 3.8) is 0 Å². The fraction of sp³-hybridized carbons (Fsp3) is 0.211. The maximum atomic E-state index is 2.32. The van der Waals surface area contributed by atoms with Gasteiger partial charge in [0, 0.05) is 6.42 Å². The fourth-order valence-corrected chi connectivity index (χ4v) is 2.57. The number of fused-ring (bicyclic) bond motifs is 1. The van der Waals surface area contributed by atoms with Crippen LogP contribution >= 0.6 is 0 Å². The summed E-state index contributed by atoms with van der Waals surface area (Å²) in [6, 6.07) is 15.4. The van der Waals surface area contributed by atoms with E-state index in [1.165, 1.54) is 27.8 Å². The molecule has 0 nitrogen and oxygen atoms in total. The van der Waals surface area contributed by atoms with E-state index in [4.69, 9.17) is 0 Å². The summed E-state index contributed by atoms with van der Waals surface area (Å²) in [4.78, 5) is 0. The normalized spacial score (nSPS) is 13.6. The van der Waals surface area contributed by atoms with E-state index in [0.717, 1.165) is 0 Å². The second-order valence-electron chi connectivity index (χ2n) is 6.17. The molecule has 0 heteroatoms. The van der Waals surface area contributed by atoms with Crippen LogP contribution in [0.25, 0.3) is 17.2 Å². The van der Waals surface area contributed by atoms with Crippen LogP contribution in [-0.2, 0) is 5.41 Å². The molecule has 3 rings (SSSR count). The van der Waals surface area contributed by atoms with Crippen LogP contribution in [0.4, 0.5) is 0 Å². The predicted octanol–water partition coefficient (Wildman–Crippen LogP) is 5.23. The Hall–Kier alpha value is -1.82. The van der Waals surface area contributed by atoms with Crippen molar-refractivity contribution < 1.29 is 0 Å². The molecule has 0 spiro atoms. The Morgan fingerprint density at radius 2 is 1.68 bits per heavy atom. The lowest BCUT2D eigenvalue weighted by Gasteiger charge is -2.20. The molecule has 0 atom stereocenters. The lowest BCUT2D eigenvalue weighted by molar-refractivity contribution is 0.590. The Balaban J connectivity index is 2.14. The Morgan fingerprint density at radius 3 is 2.47 bits per heavy atom. The van der Waals surface area contributed by atoms with Gasteiger partial charge in [-0.3, -0.25) is 0 Å². The minimum Gasteiger partial charge on any atom is -0.0754 e. The molecule has 1 radical (unpaired) electrons. The zero-order chi connectivity index (χ0) is 13.5. The van der Waals surface area contributed by atoms with Gasteiger partial charge < -0.3 is 0 Å². The predicted molar refractivity (Wildman–Crippen MR) is 83.0 cm³/mol. The first-order chi connectivity index (χ1) is 9.05. The van der Waals surface area contributed by atoms with E-state index in [2.05, 4.69) is 81.8 Å². The van der Waals surface area contributed by atoms with Crippen molar-refractivity contribution >= 4 is 6.08 Å². The molecular formula is C19H19. The lowest BCUT2D eigenvalue weighted by atomic mass is 9.85. The number of rotatable bonds is 1. The quantitative estimate of drug-likeness (QED) is 0.647. The van der Waals surface area contributed by atoms with Gasteiger partial charge in [0.05, 0.1) is 0 Å². The van der Waals surface area contributed by atoms with Gasteiger partial charge in [0.2, 0.25) is 0 Å². The van der Waals surface area contributed by atoms with Crippen LogP contribution in [0.15, 0.2) is 48.5 Å². The molecule has 0 N–H and O–H groups in total. The SMILES string of the molecule is CC(C)(C)c1cccc(-c2cccc3c2C=C[CH]3)c1. The van der Waals surface area contributed by atoms with Crippen LogP contribution in [0.3, 0.4) is 0 Å².